The van der Waals surface area contributed by atoms with Crippen LogP contribution in [0.1, 0.15) is 32.3 Å². The Morgan fingerprint density at radius 1 is 1.00 bits per heavy atom. The number of anilines is 2. The van der Waals surface area contributed by atoms with E-state index in [4.69, 9.17) is 10.8 Å². The van der Waals surface area contributed by atoms with E-state index < -0.39 is 11.2 Å². The molecule has 0 radical (unpaired) electrons. The van der Waals surface area contributed by atoms with Gasteiger partial charge in [0.05, 0.1) is 11.4 Å². The van der Waals surface area contributed by atoms with Crippen molar-refractivity contribution < 1.29 is 0 Å². The maximum absolute atomic E-state index is 12.8. The number of benzene rings is 2. The van der Waals surface area contributed by atoms with Gasteiger partial charge in [-0.05, 0) is 25.5 Å². The molecule has 0 atom stereocenters. The van der Waals surface area contributed by atoms with Gasteiger partial charge in [-0.25, -0.2) is 9.48 Å². The number of aromatic nitrogens is 4. The molecule has 0 fully saturated rings. The molecular formula is C26H30N6O2. The second-order valence-corrected chi connectivity index (χ2v) is 8.16. The van der Waals surface area contributed by atoms with Crippen molar-refractivity contribution in [3.63, 3.8) is 0 Å². The summed E-state index contributed by atoms with van der Waals surface area (Å²) in [4.78, 5) is 29.6. The molecule has 0 bridgehead atoms. The van der Waals surface area contributed by atoms with Gasteiger partial charge in [0.25, 0.3) is 5.56 Å². The van der Waals surface area contributed by atoms with Gasteiger partial charge in [-0.15, -0.1) is 0 Å². The first-order chi connectivity index (χ1) is 16.5. The molecule has 176 valence electrons. The third-order valence-electron chi connectivity index (χ3n) is 5.87. The number of nitrogens with one attached hydrogen (secondary N) is 1. The molecule has 0 amide bonds. The molecule has 0 aliphatic rings. The zero-order valence-corrected chi connectivity index (χ0v) is 19.6. The fourth-order valence-electron chi connectivity index (χ4n) is 4.05. The zero-order chi connectivity index (χ0) is 24.1. The van der Waals surface area contributed by atoms with Crippen molar-refractivity contribution in [3.05, 3.63) is 93.3 Å². The molecule has 3 N–H and O–H groups in total. The standard InChI is InChI=1S/C26H30N6O2/c1-3-5-16-31-24(27)23(25(33)28-26(31)34)30(4-2)17-20-18-32(21-14-10-7-11-15-21)29-22(20)19-12-8-6-9-13-19/h6-15,18H,3-5,16-17,27H2,1-2H3,(H,28,33,34). The van der Waals surface area contributed by atoms with Gasteiger partial charge in [-0.1, -0.05) is 61.9 Å². The van der Waals surface area contributed by atoms with Crippen LogP contribution in [-0.2, 0) is 13.1 Å². The average molecular weight is 459 g/mol. The van der Waals surface area contributed by atoms with E-state index in [1.54, 1.807) is 0 Å². The summed E-state index contributed by atoms with van der Waals surface area (Å²) in [5.41, 5.74) is 9.44. The highest BCUT2D eigenvalue weighted by molar-refractivity contribution is 5.66. The molecule has 0 spiro atoms. The second-order valence-electron chi connectivity index (χ2n) is 8.16. The molecule has 8 heteroatoms. The number of nitrogens with two attached hydrogens (primary N) is 1. The predicted octanol–water partition coefficient (Wildman–Crippen LogP) is 3.80. The highest BCUT2D eigenvalue weighted by atomic mass is 16.2. The van der Waals surface area contributed by atoms with Crippen molar-refractivity contribution in [2.75, 3.05) is 17.2 Å². The number of nitrogen functional groups attached to an aromatic ring is 1. The first-order valence-corrected chi connectivity index (χ1v) is 11.6. The Balaban J connectivity index is 1.79. The zero-order valence-electron chi connectivity index (χ0n) is 19.6. The second kappa shape index (κ2) is 10.2. The summed E-state index contributed by atoms with van der Waals surface area (Å²) in [5, 5.41) is 4.87. The van der Waals surface area contributed by atoms with E-state index in [1.807, 2.05) is 90.3 Å². The summed E-state index contributed by atoms with van der Waals surface area (Å²) in [5.74, 6) is 0.195. The Morgan fingerprint density at radius 2 is 1.68 bits per heavy atom. The van der Waals surface area contributed by atoms with Gasteiger partial charge >= 0.3 is 5.69 Å². The van der Waals surface area contributed by atoms with Gasteiger partial charge in [-0.2, -0.15) is 5.10 Å². The van der Waals surface area contributed by atoms with E-state index in [2.05, 4.69) is 4.98 Å². The van der Waals surface area contributed by atoms with Crippen LogP contribution in [0.4, 0.5) is 11.5 Å². The van der Waals surface area contributed by atoms with E-state index >= 15 is 0 Å². The highest BCUT2D eigenvalue weighted by Crippen LogP contribution is 2.27. The number of aromatic amines is 1. The fourth-order valence-corrected chi connectivity index (χ4v) is 4.05. The Labute approximate surface area is 198 Å². The Hall–Kier alpha value is -4.07. The van der Waals surface area contributed by atoms with Crippen LogP contribution in [0.3, 0.4) is 0 Å². The maximum Gasteiger partial charge on any atom is 0.330 e. The molecule has 0 aliphatic carbocycles. The van der Waals surface area contributed by atoms with Crippen molar-refractivity contribution in [2.45, 2.75) is 39.8 Å². The molecule has 0 saturated heterocycles. The lowest BCUT2D eigenvalue weighted by Gasteiger charge is -2.24. The Bertz CT molecular complexity index is 1360. The number of H-pyrrole nitrogens is 1. The largest absolute Gasteiger partial charge is 0.383 e. The summed E-state index contributed by atoms with van der Waals surface area (Å²) >= 11 is 0. The van der Waals surface area contributed by atoms with Crippen LogP contribution in [0.2, 0.25) is 0 Å². The minimum Gasteiger partial charge on any atom is -0.383 e. The first kappa shape index (κ1) is 23.1. The van der Waals surface area contributed by atoms with E-state index in [0.717, 1.165) is 35.3 Å². The van der Waals surface area contributed by atoms with Crippen LogP contribution in [-0.4, -0.2) is 25.9 Å². The summed E-state index contributed by atoms with van der Waals surface area (Å²) in [6, 6.07) is 19.9. The molecule has 34 heavy (non-hydrogen) atoms. The number of hydrogen-bond donors (Lipinski definition) is 2. The molecule has 0 unspecified atom stereocenters. The van der Waals surface area contributed by atoms with Crippen molar-refractivity contribution >= 4 is 11.5 Å². The summed E-state index contributed by atoms with van der Waals surface area (Å²) in [7, 11) is 0. The highest BCUT2D eigenvalue weighted by Gasteiger charge is 2.21. The molecule has 2 aromatic heterocycles. The van der Waals surface area contributed by atoms with Crippen molar-refractivity contribution in [1.82, 2.24) is 19.3 Å². The van der Waals surface area contributed by atoms with Gasteiger partial charge in [0.15, 0.2) is 0 Å². The van der Waals surface area contributed by atoms with Crippen LogP contribution < -0.4 is 21.9 Å². The maximum atomic E-state index is 12.8. The average Bonchev–Trinajstić information content (AvgIpc) is 3.28. The van der Waals surface area contributed by atoms with E-state index in [0.29, 0.717) is 25.3 Å². The van der Waals surface area contributed by atoms with Gasteiger partial charge in [0.1, 0.15) is 11.5 Å². The monoisotopic (exact) mass is 458 g/mol. The SMILES string of the molecule is CCCCn1c(N)c(N(CC)Cc2cn(-c3ccccc3)nc2-c2ccccc2)c(=O)[nH]c1=O. The fraction of sp³-hybridized carbons (Fsp3) is 0.269. The first-order valence-electron chi connectivity index (χ1n) is 11.6. The summed E-state index contributed by atoms with van der Waals surface area (Å²) in [6.07, 6.45) is 3.69. The van der Waals surface area contributed by atoms with Crippen LogP contribution in [0, 0.1) is 0 Å². The number of nitrogens with zero attached hydrogens (tertiary/aromatic N) is 4. The Morgan fingerprint density at radius 3 is 2.32 bits per heavy atom. The molecule has 4 rings (SSSR count). The molecule has 2 heterocycles. The molecule has 8 nitrogen and oxygen atoms in total. The van der Waals surface area contributed by atoms with Gasteiger partial charge in [0.2, 0.25) is 0 Å². The third-order valence-corrected chi connectivity index (χ3v) is 5.87. The number of unbranched alkanes of at least 4 members (excludes halogenated alkanes) is 1. The van der Waals surface area contributed by atoms with Gasteiger partial charge in [-0.3, -0.25) is 14.3 Å². The molecule has 0 aliphatic heterocycles. The minimum atomic E-state index is -0.478. The van der Waals surface area contributed by atoms with Crippen LogP contribution in [0.25, 0.3) is 16.9 Å². The number of rotatable bonds is 9. The molecule has 4 aromatic rings. The smallest absolute Gasteiger partial charge is 0.330 e. The van der Waals surface area contributed by atoms with E-state index in [1.165, 1.54) is 4.57 Å². The molecule has 0 saturated carbocycles. The van der Waals surface area contributed by atoms with Crippen molar-refractivity contribution in [2.24, 2.45) is 0 Å². The number of hydrogen-bond acceptors (Lipinski definition) is 5. The summed E-state index contributed by atoms with van der Waals surface area (Å²) < 4.78 is 3.30. The van der Waals surface area contributed by atoms with Crippen LogP contribution in [0.5, 0.6) is 0 Å². The quantitative estimate of drug-likeness (QED) is 0.397. The van der Waals surface area contributed by atoms with Crippen molar-refractivity contribution in [3.8, 4) is 16.9 Å². The lowest BCUT2D eigenvalue weighted by atomic mass is 10.1. The normalized spacial score (nSPS) is 11.0. The van der Waals surface area contributed by atoms with Gasteiger partial charge in [0, 0.05) is 37.0 Å². The lowest BCUT2D eigenvalue weighted by molar-refractivity contribution is 0.602. The summed E-state index contributed by atoms with van der Waals surface area (Å²) in [6.45, 7) is 5.41. The molecular weight excluding hydrogens is 428 g/mol. The van der Waals surface area contributed by atoms with Gasteiger partial charge < -0.3 is 10.6 Å². The molecule has 2 aromatic carbocycles. The third kappa shape index (κ3) is 4.66. The Kier molecular flexibility index (Phi) is 6.96. The minimum absolute atomic E-state index is 0.195. The number of para-hydroxylation sites is 1. The van der Waals surface area contributed by atoms with Crippen LogP contribution >= 0.6 is 0 Å². The lowest BCUT2D eigenvalue weighted by Crippen LogP contribution is -2.38. The van der Waals surface area contributed by atoms with Crippen molar-refractivity contribution in [1.29, 1.82) is 0 Å². The predicted molar refractivity (Wildman–Crippen MR) is 136 cm³/mol. The van der Waals surface area contributed by atoms with E-state index in [9.17, 15) is 9.59 Å². The topological polar surface area (TPSA) is 102 Å². The van der Waals surface area contributed by atoms with Crippen LogP contribution in [0.15, 0.2) is 76.4 Å². The van der Waals surface area contributed by atoms with E-state index in [-0.39, 0.29) is 5.82 Å².